The molecule has 14 heavy (non-hydrogen) atoms. The summed E-state index contributed by atoms with van der Waals surface area (Å²) in [5.41, 5.74) is -0.301. The van der Waals surface area contributed by atoms with Crippen LogP contribution in [0.2, 0.25) is 0 Å². The SMILES string of the molecule is CS(=O)CCNC(=O)COC(C)(C)C. The van der Waals surface area contributed by atoms with Crippen molar-refractivity contribution in [3.05, 3.63) is 0 Å². The number of hydrogen-bond acceptors (Lipinski definition) is 3. The van der Waals surface area contributed by atoms with E-state index in [0.717, 1.165) is 0 Å². The highest BCUT2D eigenvalue weighted by atomic mass is 32.2. The van der Waals surface area contributed by atoms with Crippen LogP contribution in [0.1, 0.15) is 20.8 Å². The van der Waals surface area contributed by atoms with Gasteiger partial charge in [-0.1, -0.05) is 0 Å². The molecule has 0 spiro atoms. The molecule has 0 aromatic rings. The van der Waals surface area contributed by atoms with Gasteiger partial charge in [-0.05, 0) is 20.8 Å². The van der Waals surface area contributed by atoms with E-state index in [0.29, 0.717) is 12.3 Å². The monoisotopic (exact) mass is 221 g/mol. The quantitative estimate of drug-likeness (QED) is 0.726. The average Bonchev–Trinajstić information content (AvgIpc) is 1.99. The average molecular weight is 221 g/mol. The zero-order valence-electron chi connectivity index (χ0n) is 9.25. The summed E-state index contributed by atoms with van der Waals surface area (Å²) in [5.74, 6) is 0.326. The Morgan fingerprint density at radius 2 is 2.00 bits per heavy atom. The summed E-state index contributed by atoms with van der Waals surface area (Å²) in [7, 11) is -0.859. The summed E-state index contributed by atoms with van der Waals surface area (Å²) < 4.78 is 15.9. The van der Waals surface area contributed by atoms with Crippen LogP contribution in [0.5, 0.6) is 0 Å². The molecule has 1 amide bonds. The van der Waals surface area contributed by atoms with Crippen LogP contribution in [0.15, 0.2) is 0 Å². The lowest BCUT2D eigenvalue weighted by atomic mass is 10.2. The Morgan fingerprint density at radius 1 is 1.43 bits per heavy atom. The van der Waals surface area contributed by atoms with Gasteiger partial charge in [-0.15, -0.1) is 0 Å². The van der Waals surface area contributed by atoms with Crippen LogP contribution in [0, 0.1) is 0 Å². The van der Waals surface area contributed by atoms with Crippen molar-refractivity contribution in [3.63, 3.8) is 0 Å². The second kappa shape index (κ2) is 6.14. The third kappa shape index (κ3) is 9.67. The van der Waals surface area contributed by atoms with Gasteiger partial charge in [-0.25, -0.2) is 0 Å². The fourth-order valence-corrected chi connectivity index (χ4v) is 1.06. The molecule has 4 nitrogen and oxygen atoms in total. The normalized spacial score (nSPS) is 13.7. The minimum Gasteiger partial charge on any atom is -0.366 e. The largest absolute Gasteiger partial charge is 0.366 e. The molecule has 5 heteroatoms. The van der Waals surface area contributed by atoms with Crippen LogP contribution < -0.4 is 5.32 Å². The molecule has 0 aliphatic carbocycles. The zero-order valence-corrected chi connectivity index (χ0v) is 10.1. The predicted molar refractivity (Wildman–Crippen MR) is 57.6 cm³/mol. The van der Waals surface area contributed by atoms with Crippen molar-refractivity contribution in [1.29, 1.82) is 0 Å². The third-order valence-corrected chi connectivity index (χ3v) is 2.13. The lowest BCUT2D eigenvalue weighted by molar-refractivity contribution is -0.130. The third-order valence-electron chi connectivity index (χ3n) is 1.35. The summed E-state index contributed by atoms with van der Waals surface area (Å²) >= 11 is 0. The molecular formula is C9H19NO3S. The fraction of sp³-hybridized carbons (Fsp3) is 0.889. The second-order valence-corrected chi connectivity index (χ2v) is 5.58. The number of nitrogens with one attached hydrogen (secondary N) is 1. The maximum absolute atomic E-state index is 11.1. The standard InChI is InChI=1S/C9H19NO3S/c1-9(2,3)13-7-8(11)10-5-6-14(4)12/h5-7H2,1-4H3,(H,10,11). The summed E-state index contributed by atoms with van der Waals surface area (Å²) in [5, 5.41) is 2.63. The van der Waals surface area contributed by atoms with Gasteiger partial charge in [-0.3, -0.25) is 9.00 Å². The first-order valence-electron chi connectivity index (χ1n) is 4.52. The molecular weight excluding hydrogens is 202 g/mol. The van der Waals surface area contributed by atoms with E-state index in [-0.39, 0.29) is 18.1 Å². The number of amides is 1. The van der Waals surface area contributed by atoms with Gasteiger partial charge in [0.05, 0.1) is 5.60 Å². The van der Waals surface area contributed by atoms with Gasteiger partial charge in [-0.2, -0.15) is 0 Å². The van der Waals surface area contributed by atoms with Crippen LogP contribution in [0.25, 0.3) is 0 Å². The molecule has 0 saturated carbocycles. The highest BCUT2D eigenvalue weighted by Gasteiger charge is 2.12. The fourth-order valence-electron chi connectivity index (χ4n) is 0.667. The van der Waals surface area contributed by atoms with E-state index >= 15 is 0 Å². The van der Waals surface area contributed by atoms with Crippen LogP contribution in [-0.2, 0) is 20.3 Å². The summed E-state index contributed by atoms with van der Waals surface area (Å²) in [6.45, 7) is 6.17. The number of rotatable bonds is 5. The highest BCUT2D eigenvalue weighted by Crippen LogP contribution is 2.05. The topological polar surface area (TPSA) is 55.4 Å². The summed E-state index contributed by atoms with van der Waals surface area (Å²) in [6.07, 6.45) is 1.61. The van der Waals surface area contributed by atoms with Gasteiger partial charge in [0.2, 0.25) is 5.91 Å². The molecule has 0 aromatic heterocycles. The molecule has 0 aliphatic rings. The molecule has 0 radical (unpaired) electrons. The lowest BCUT2D eigenvalue weighted by Gasteiger charge is -2.18. The van der Waals surface area contributed by atoms with Crippen molar-refractivity contribution >= 4 is 16.7 Å². The van der Waals surface area contributed by atoms with Crippen LogP contribution in [0.4, 0.5) is 0 Å². The molecule has 0 aromatic carbocycles. The Kier molecular flexibility index (Phi) is 5.95. The molecule has 0 heterocycles. The van der Waals surface area contributed by atoms with Crippen LogP contribution >= 0.6 is 0 Å². The Hall–Kier alpha value is -0.420. The molecule has 84 valence electrons. The number of ether oxygens (including phenoxy) is 1. The Bertz CT molecular complexity index is 211. The van der Waals surface area contributed by atoms with E-state index in [1.54, 1.807) is 6.26 Å². The van der Waals surface area contributed by atoms with Gasteiger partial charge in [0.25, 0.3) is 0 Å². The van der Waals surface area contributed by atoms with Gasteiger partial charge in [0.15, 0.2) is 0 Å². The van der Waals surface area contributed by atoms with Crippen molar-refractivity contribution in [2.45, 2.75) is 26.4 Å². The number of hydrogen-bond donors (Lipinski definition) is 1. The van der Waals surface area contributed by atoms with Gasteiger partial charge >= 0.3 is 0 Å². The Labute approximate surface area is 87.9 Å². The summed E-state index contributed by atoms with van der Waals surface area (Å²) in [4.78, 5) is 11.1. The molecule has 1 unspecified atom stereocenters. The van der Waals surface area contributed by atoms with Crippen molar-refractivity contribution in [1.82, 2.24) is 5.32 Å². The molecule has 0 bridgehead atoms. The van der Waals surface area contributed by atoms with E-state index < -0.39 is 10.8 Å². The predicted octanol–water partition coefficient (Wildman–Crippen LogP) is 0.296. The molecule has 0 aliphatic heterocycles. The van der Waals surface area contributed by atoms with Gasteiger partial charge in [0, 0.05) is 29.4 Å². The molecule has 0 fully saturated rings. The molecule has 1 atom stereocenters. The first-order valence-corrected chi connectivity index (χ1v) is 6.24. The minimum absolute atomic E-state index is 0.0554. The Balaban J connectivity index is 3.52. The Morgan fingerprint density at radius 3 is 2.43 bits per heavy atom. The van der Waals surface area contributed by atoms with E-state index in [1.807, 2.05) is 20.8 Å². The zero-order chi connectivity index (χ0) is 11.2. The van der Waals surface area contributed by atoms with E-state index in [9.17, 15) is 9.00 Å². The van der Waals surface area contributed by atoms with Crippen LogP contribution in [-0.4, -0.2) is 40.9 Å². The maximum Gasteiger partial charge on any atom is 0.246 e. The summed E-state index contributed by atoms with van der Waals surface area (Å²) in [6, 6.07) is 0. The minimum atomic E-state index is -0.859. The maximum atomic E-state index is 11.1. The number of carbonyl (C=O) groups is 1. The van der Waals surface area contributed by atoms with E-state index in [1.165, 1.54) is 0 Å². The molecule has 0 rings (SSSR count). The van der Waals surface area contributed by atoms with Crippen molar-refractivity contribution < 1.29 is 13.7 Å². The van der Waals surface area contributed by atoms with Gasteiger partial charge in [0.1, 0.15) is 6.61 Å². The van der Waals surface area contributed by atoms with Crippen molar-refractivity contribution in [2.75, 3.05) is 25.2 Å². The van der Waals surface area contributed by atoms with Crippen molar-refractivity contribution in [3.8, 4) is 0 Å². The first-order chi connectivity index (χ1) is 6.31. The van der Waals surface area contributed by atoms with Crippen LogP contribution in [0.3, 0.4) is 0 Å². The second-order valence-electron chi connectivity index (χ2n) is 4.03. The molecule has 1 N–H and O–H groups in total. The first kappa shape index (κ1) is 13.6. The number of carbonyl (C=O) groups excluding carboxylic acids is 1. The molecule has 0 saturated heterocycles. The van der Waals surface area contributed by atoms with Crippen molar-refractivity contribution in [2.24, 2.45) is 0 Å². The lowest BCUT2D eigenvalue weighted by Crippen LogP contribution is -2.34. The van der Waals surface area contributed by atoms with E-state index in [2.05, 4.69) is 5.32 Å². The van der Waals surface area contributed by atoms with E-state index in [4.69, 9.17) is 4.74 Å². The van der Waals surface area contributed by atoms with Gasteiger partial charge < -0.3 is 10.1 Å². The highest BCUT2D eigenvalue weighted by molar-refractivity contribution is 7.84. The smallest absolute Gasteiger partial charge is 0.246 e.